The van der Waals surface area contributed by atoms with Crippen LogP contribution in [0.1, 0.15) is 27.9 Å². The highest BCUT2D eigenvalue weighted by molar-refractivity contribution is 9.10. The van der Waals surface area contributed by atoms with Gasteiger partial charge in [0.2, 0.25) is 5.91 Å². The summed E-state index contributed by atoms with van der Waals surface area (Å²) in [4.78, 5) is 50.0. The zero-order chi connectivity index (χ0) is 23.4. The molecule has 0 unspecified atom stereocenters. The molecule has 0 radical (unpaired) electrons. The Labute approximate surface area is 194 Å². The molecular weight excluding hydrogens is 480 g/mol. The molecule has 1 fully saturated rings. The van der Waals surface area contributed by atoms with Crippen LogP contribution in [0.2, 0.25) is 0 Å². The van der Waals surface area contributed by atoms with Crippen LogP contribution in [-0.2, 0) is 23.9 Å². The van der Waals surface area contributed by atoms with Gasteiger partial charge < -0.3 is 19.7 Å². The zero-order valence-corrected chi connectivity index (χ0v) is 19.5. The van der Waals surface area contributed by atoms with E-state index in [9.17, 15) is 19.2 Å². The minimum absolute atomic E-state index is 0.00970. The monoisotopic (exact) mass is 502 g/mol. The average molecular weight is 503 g/mol. The Morgan fingerprint density at radius 3 is 2.44 bits per heavy atom. The first-order valence-corrected chi connectivity index (χ1v) is 10.7. The number of methoxy groups -OCH3 is 1. The Balaban J connectivity index is 1.55. The number of rotatable bonds is 6. The lowest BCUT2D eigenvalue weighted by Gasteiger charge is -2.17. The van der Waals surface area contributed by atoms with Crippen LogP contribution in [0.4, 0.5) is 11.4 Å². The minimum Gasteiger partial charge on any atom is -0.465 e. The molecule has 1 aliphatic rings. The molecule has 0 aliphatic carbocycles. The van der Waals surface area contributed by atoms with Gasteiger partial charge in [-0.1, -0.05) is 15.9 Å². The van der Waals surface area contributed by atoms with Crippen LogP contribution in [-0.4, -0.2) is 44.0 Å². The Morgan fingerprint density at radius 2 is 1.78 bits per heavy atom. The number of anilines is 2. The van der Waals surface area contributed by atoms with Crippen molar-refractivity contribution in [3.05, 3.63) is 57.6 Å². The van der Waals surface area contributed by atoms with Gasteiger partial charge in [-0.25, -0.2) is 4.79 Å². The number of carbonyl (C=O) groups is 4. The quantitative estimate of drug-likeness (QED) is 0.607. The number of ether oxygens (including phenoxy) is 2. The Kier molecular flexibility index (Phi) is 7.29. The van der Waals surface area contributed by atoms with E-state index < -0.39 is 30.4 Å². The van der Waals surface area contributed by atoms with E-state index in [2.05, 4.69) is 26.0 Å². The number of halogens is 1. The van der Waals surface area contributed by atoms with E-state index in [1.165, 1.54) is 12.0 Å². The van der Waals surface area contributed by atoms with E-state index in [1.54, 1.807) is 30.3 Å². The summed E-state index contributed by atoms with van der Waals surface area (Å²) in [5.41, 5.74) is 3.49. The number of esters is 2. The van der Waals surface area contributed by atoms with Crippen molar-refractivity contribution in [1.82, 2.24) is 0 Å². The van der Waals surface area contributed by atoms with Crippen molar-refractivity contribution in [1.29, 1.82) is 0 Å². The maximum atomic E-state index is 12.4. The third kappa shape index (κ3) is 5.16. The summed E-state index contributed by atoms with van der Waals surface area (Å²) in [5, 5.41) is 2.73. The molecule has 168 valence electrons. The van der Waals surface area contributed by atoms with Gasteiger partial charge in [-0.15, -0.1) is 0 Å². The topological polar surface area (TPSA) is 102 Å². The molecular formula is C23H23BrN2O6. The molecule has 1 saturated heterocycles. The lowest BCUT2D eigenvalue weighted by molar-refractivity contribution is -0.151. The molecule has 32 heavy (non-hydrogen) atoms. The van der Waals surface area contributed by atoms with Gasteiger partial charge in [-0.3, -0.25) is 14.4 Å². The molecule has 1 atom stereocenters. The zero-order valence-electron chi connectivity index (χ0n) is 17.9. The van der Waals surface area contributed by atoms with E-state index in [1.807, 2.05) is 19.9 Å². The Bertz CT molecular complexity index is 1070. The first-order valence-electron chi connectivity index (χ1n) is 9.92. The molecule has 0 aromatic heterocycles. The third-order valence-electron chi connectivity index (χ3n) is 5.40. The summed E-state index contributed by atoms with van der Waals surface area (Å²) in [6.45, 7) is 3.52. The molecule has 0 spiro atoms. The van der Waals surface area contributed by atoms with Crippen LogP contribution >= 0.6 is 15.9 Å². The van der Waals surface area contributed by atoms with E-state index in [0.717, 1.165) is 15.6 Å². The molecule has 0 bridgehead atoms. The minimum atomic E-state index is -0.674. The Morgan fingerprint density at radius 1 is 1.09 bits per heavy atom. The molecule has 8 nitrogen and oxygen atoms in total. The van der Waals surface area contributed by atoms with Gasteiger partial charge in [0, 0.05) is 28.8 Å². The standard InChI is InChI=1S/C23H23BrN2O6/c1-13-14(2)19(9-8-18(13)24)25-20(27)12-32-23(30)16-10-21(28)26(11-16)17-6-4-15(5-7-17)22(29)31-3/h4-9,16H,10-12H2,1-3H3,(H,25,27)/t16-/m1/s1. The molecule has 2 aromatic rings. The van der Waals surface area contributed by atoms with Crippen LogP contribution in [0.5, 0.6) is 0 Å². The smallest absolute Gasteiger partial charge is 0.337 e. The predicted molar refractivity (Wildman–Crippen MR) is 121 cm³/mol. The molecule has 1 N–H and O–H groups in total. The van der Waals surface area contributed by atoms with Gasteiger partial charge in [0.1, 0.15) is 0 Å². The van der Waals surface area contributed by atoms with Crippen molar-refractivity contribution in [3.8, 4) is 0 Å². The summed E-state index contributed by atoms with van der Waals surface area (Å²) < 4.78 is 10.7. The van der Waals surface area contributed by atoms with Gasteiger partial charge in [0.15, 0.2) is 6.61 Å². The highest BCUT2D eigenvalue weighted by Gasteiger charge is 2.36. The predicted octanol–water partition coefficient (Wildman–Crippen LogP) is 3.39. The summed E-state index contributed by atoms with van der Waals surface area (Å²) in [6.07, 6.45) is -0.00970. The van der Waals surface area contributed by atoms with Crippen LogP contribution in [0.3, 0.4) is 0 Å². The van der Waals surface area contributed by atoms with Crippen molar-refractivity contribution < 1.29 is 28.7 Å². The van der Waals surface area contributed by atoms with Gasteiger partial charge in [-0.2, -0.15) is 0 Å². The van der Waals surface area contributed by atoms with E-state index in [-0.39, 0.29) is 18.9 Å². The van der Waals surface area contributed by atoms with Crippen molar-refractivity contribution in [2.45, 2.75) is 20.3 Å². The Hall–Kier alpha value is -3.20. The van der Waals surface area contributed by atoms with Crippen molar-refractivity contribution in [2.24, 2.45) is 5.92 Å². The average Bonchev–Trinajstić information content (AvgIpc) is 3.19. The van der Waals surface area contributed by atoms with Crippen molar-refractivity contribution in [2.75, 3.05) is 30.5 Å². The van der Waals surface area contributed by atoms with E-state index in [4.69, 9.17) is 4.74 Å². The molecule has 3 rings (SSSR count). The normalized spacial score (nSPS) is 15.4. The second kappa shape index (κ2) is 9.95. The first-order chi connectivity index (χ1) is 15.2. The lowest BCUT2D eigenvalue weighted by Crippen LogP contribution is -2.28. The second-order valence-corrected chi connectivity index (χ2v) is 8.30. The molecule has 1 aliphatic heterocycles. The number of carbonyl (C=O) groups excluding carboxylic acids is 4. The SMILES string of the molecule is COC(=O)c1ccc(N2C[C@H](C(=O)OCC(=O)Nc3ccc(Br)c(C)c3C)CC2=O)cc1. The maximum absolute atomic E-state index is 12.4. The van der Waals surface area contributed by atoms with Gasteiger partial charge >= 0.3 is 11.9 Å². The highest BCUT2D eigenvalue weighted by Crippen LogP contribution is 2.27. The largest absolute Gasteiger partial charge is 0.465 e. The number of benzene rings is 2. The van der Waals surface area contributed by atoms with E-state index >= 15 is 0 Å². The summed E-state index contributed by atoms with van der Waals surface area (Å²) in [6, 6.07) is 9.94. The third-order valence-corrected chi connectivity index (χ3v) is 6.26. The summed E-state index contributed by atoms with van der Waals surface area (Å²) >= 11 is 3.44. The second-order valence-electron chi connectivity index (χ2n) is 7.44. The molecule has 2 aromatic carbocycles. The number of nitrogens with one attached hydrogen (secondary N) is 1. The fourth-order valence-electron chi connectivity index (χ4n) is 3.37. The summed E-state index contributed by atoms with van der Waals surface area (Å²) in [5.74, 6) is -2.44. The van der Waals surface area contributed by atoms with Crippen molar-refractivity contribution in [3.63, 3.8) is 0 Å². The first kappa shape index (κ1) is 23.5. The van der Waals surface area contributed by atoms with Gasteiger partial charge in [0.05, 0.1) is 18.6 Å². The molecule has 0 saturated carbocycles. The number of hydrogen-bond acceptors (Lipinski definition) is 6. The maximum Gasteiger partial charge on any atom is 0.337 e. The van der Waals surface area contributed by atoms with Crippen LogP contribution in [0.25, 0.3) is 0 Å². The number of hydrogen-bond donors (Lipinski definition) is 1. The van der Waals surface area contributed by atoms with Gasteiger partial charge in [-0.05, 0) is 61.4 Å². The molecule has 1 heterocycles. The highest BCUT2D eigenvalue weighted by atomic mass is 79.9. The summed E-state index contributed by atoms with van der Waals surface area (Å²) in [7, 11) is 1.29. The van der Waals surface area contributed by atoms with Crippen molar-refractivity contribution >= 4 is 51.1 Å². The molecule has 2 amide bonds. The van der Waals surface area contributed by atoms with Gasteiger partial charge in [0.25, 0.3) is 5.91 Å². The number of amides is 2. The fraction of sp³-hybridized carbons (Fsp3) is 0.304. The fourth-order valence-corrected chi connectivity index (χ4v) is 3.80. The van der Waals surface area contributed by atoms with Crippen LogP contribution in [0.15, 0.2) is 40.9 Å². The number of nitrogens with zero attached hydrogens (tertiary/aromatic N) is 1. The van der Waals surface area contributed by atoms with Crippen LogP contribution in [0, 0.1) is 19.8 Å². The van der Waals surface area contributed by atoms with E-state index in [0.29, 0.717) is 16.9 Å². The molecule has 9 heteroatoms. The van der Waals surface area contributed by atoms with Crippen LogP contribution < -0.4 is 10.2 Å². The lowest BCUT2D eigenvalue weighted by atomic mass is 10.1.